The van der Waals surface area contributed by atoms with Gasteiger partial charge in [-0.1, -0.05) is 18.2 Å². The molecule has 1 aromatic rings. The molecular weight excluding hydrogens is 218 g/mol. The van der Waals surface area contributed by atoms with Gasteiger partial charge >= 0.3 is 5.97 Å². The van der Waals surface area contributed by atoms with Crippen LogP contribution in [0.4, 0.5) is 5.69 Å². The van der Waals surface area contributed by atoms with Crippen LogP contribution in [0.1, 0.15) is 25.5 Å². The van der Waals surface area contributed by atoms with E-state index in [4.69, 9.17) is 4.74 Å². The quantitative estimate of drug-likeness (QED) is 0.638. The molecule has 0 spiro atoms. The van der Waals surface area contributed by atoms with Gasteiger partial charge in [0.05, 0.1) is 17.6 Å². The fourth-order valence-corrected chi connectivity index (χ4v) is 2.80. The van der Waals surface area contributed by atoms with E-state index in [9.17, 15) is 9.59 Å². The van der Waals surface area contributed by atoms with E-state index in [0.717, 1.165) is 11.3 Å². The molecule has 0 aliphatic carbocycles. The van der Waals surface area contributed by atoms with Crippen LogP contribution in [0.3, 0.4) is 0 Å². The summed E-state index contributed by atoms with van der Waals surface area (Å²) >= 11 is 0. The van der Waals surface area contributed by atoms with Crippen LogP contribution in [0, 0.1) is 5.92 Å². The van der Waals surface area contributed by atoms with Gasteiger partial charge in [-0.2, -0.15) is 0 Å². The maximum absolute atomic E-state index is 11.8. The smallest absolute Gasteiger partial charge is 0.311 e. The van der Waals surface area contributed by atoms with Crippen LogP contribution < -0.4 is 4.90 Å². The highest BCUT2D eigenvalue weighted by atomic mass is 16.6. The molecule has 4 heteroatoms. The van der Waals surface area contributed by atoms with Gasteiger partial charge in [0.2, 0.25) is 5.91 Å². The maximum Gasteiger partial charge on any atom is 0.311 e. The van der Waals surface area contributed by atoms with Crippen LogP contribution in [-0.2, 0) is 14.3 Å². The normalized spacial score (nSPS) is 29.9. The molecule has 0 N–H and O–H groups in total. The standard InChI is InChI=1S/C13H13NO3/c1-7-11-12(17-13(7)16)9-5-3-4-6-10(9)14(11)8(2)15/h3-7,11-12H,1-2H3/t7-,11-,12-/m1/s1. The van der Waals surface area contributed by atoms with Gasteiger partial charge in [-0.05, 0) is 13.0 Å². The zero-order valence-electron chi connectivity index (χ0n) is 9.71. The Morgan fingerprint density at radius 2 is 2.06 bits per heavy atom. The van der Waals surface area contributed by atoms with Crippen molar-refractivity contribution in [3.05, 3.63) is 29.8 Å². The summed E-state index contributed by atoms with van der Waals surface area (Å²) in [6, 6.07) is 7.42. The number of amides is 1. The number of ether oxygens (including phenoxy) is 1. The number of esters is 1. The van der Waals surface area contributed by atoms with E-state index in [1.165, 1.54) is 6.92 Å². The van der Waals surface area contributed by atoms with E-state index in [1.807, 2.05) is 31.2 Å². The highest BCUT2D eigenvalue weighted by Gasteiger charge is 2.52. The molecule has 1 fully saturated rings. The van der Waals surface area contributed by atoms with Gasteiger partial charge in [-0.15, -0.1) is 0 Å². The molecule has 4 nitrogen and oxygen atoms in total. The SMILES string of the molecule is CC(=O)N1c2ccccc2[C@H]2OC(=O)[C@H](C)[C@H]21. The van der Waals surface area contributed by atoms with Crippen molar-refractivity contribution in [2.75, 3.05) is 4.90 Å². The number of para-hydroxylation sites is 1. The second-order valence-corrected chi connectivity index (χ2v) is 4.58. The first-order valence-electron chi connectivity index (χ1n) is 5.70. The topological polar surface area (TPSA) is 46.6 Å². The fraction of sp³-hybridized carbons (Fsp3) is 0.385. The van der Waals surface area contributed by atoms with E-state index in [2.05, 4.69) is 0 Å². The zero-order chi connectivity index (χ0) is 12.2. The van der Waals surface area contributed by atoms with E-state index in [-0.39, 0.29) is 29.9 Å². The van der Waals surface area contributed by atoms with Crippen molar-refractivity contribution in [2.24, 2.45) is 5.92 Å². The van der Waals surface area contributed by atoms with Crippen LogP contribution >= 0.6 is 0 Å². The number of benzene rings is 1. The molecule has 0 bridgehead atoms. The van der Waals surface area contributed by atoms with Gasteiger partial charge in [0.25, 0.3) is 0 Å². The third-order valence-electron chi connectivity index (χ3n) is 3.58. The predicted octanol–water partition coefficient (Wildman–Crippen LogP) is 1.66. The molecule has 0 radical (unpaired) electrons. The van der Waals surface area contributed by atoms with Crippen molar-refractivity contribution in [3.8, 4) is 0 Å². The number of carbonyl (C=O) groups excluding carboxylic acids is 2. The largest absolute Gasteiger partial charge is 0.455 e. The van der Waals surface area contributed by atoms with E-state index < -0.39 is 0 Å². The summed E-state index contributed by atoms with van der Waals surface area (Å²) in [6.45, 7) is 3.34. The minimum absolute atomic E-state index is 0.0462. The lowest BCUT2D eigenvalue weighted by atomic mass is 9.99. The van der Waals surface area contributed by atoms with Crippen LogP contribution in [-0.4, -0.2) is 17.9 Å². The van der Waals surface area contributed by atoms with Crippen LogP contribution in [0.15, 0.2) is 24.3 Å². The molecule has 0 unspecified atom stereocenters. The number of hydrogen-bond acceptors (Lipinski definition) is 3. The van der Waals surface area contributed by atoms with Crippen molar-refractivity contribution in [3.63, 3.8) is 0 Å². The first-order chi connectivity index (χ1) is 8.11. The van der Waals surface area contributed by atoms with Gasteiger partial charge in [-0.3, -0.25) is 9.59 Å². The van der Waals surface area contributed by atoms with E-state index in [1.54, 1.807) is 4.90 Å². The average molecular weight is 231 g/mol. The summed E-state index contributed by atoms with van der Waals surface area (Å²) in [4.78, 5) is 25.1. The van der Waals surface area contributed by atoms with Crippen molar-refractivity contribution in [2.45, 2.75) is 26.0 Å². The van der Waals surface area contributed by atoms with Gasteiger partial charge in [0, 0.05) is 12.5 Å². The van der Waals surface area contributed by atoms with Gasteiger partial charge in [-0.25, -0.2) is 0 Å². The third-order valence-corrected chi connectivity index (χ3v) is 3.58. The number of fused-ring (bicyclic) bond motifs is 3. The number of nitrogens with zero attached hydrogens (tertiary/aromatic N) is 1. The fourth-order valence-electron chi connectivity index (χ4n) is 2.80. The minimum atomic E-state index is -0.294. The molecule has 2 aliphatic heterocycles. The lowest BCUT2D eigenvalue weighted by molar-refractivity contribution is -0.144. The molecule has 1 aromatic carbocycles. The van der Waals surface area contributed by atoms with E-state index >= 15 is 0 Å². The second-order valence-electron chi connectivity index (χ2n) is 4.58. The predicted molar refractivity (Wildman–Crippen MR) is 61.4 cm³/mol. The lowest BCUT2D eigenvalue weighted by Crippen LogP contribution is -2.40. The number of carbonyl (C=O) groups is 2. The summed E-state index contributed by atoms with van der Waals surface area (Å²) in [7, 11) is 0. The summed E-state index contributed by atoms with van der Waals surface area (Å²) in [5, 5.41) is 0. The number of rotatable bonds is 0. The van der Waals surface area contributed by atoms with Crippen LogP contribution in [0.25, 0.3) is 0 Å². The van der Waals surface area contributed by atoms with Crippen molar-refractivity contribution < 1.29 is 14.3 Å². The molecule has 0 aromatic heterocycles. The van der Waals surface area contributed by atoms with Crippen molar-refractivity contribution in [1.82, 2.24) is 0 Å². The second kappa shape index (κ2) is 3.32. The summed E-state index contributed by atoms with van der Waals surface area (Å²) in [5.74, 6) is -0.535. The van der Waals surface area contributed by atoms with Gasteiger partial charge in [0.15, 0.2) is 6.10 Å². The number of anilines is 1. The highest BCUT2D eigenvalue weighted by Crippen LogP contribution is 2.48. The van der Waals surface area contributed by atoms with Crippen molar-refractivity contribution in [1.29, 1.82) is 0 Å². The Morgan fingerprint density at radius 1 is 1.35 bits per heavy atom. The Hall–Kier alpha value is -1.84. The Balaban J connectivity index is 2.16. The Labute approximate surface area is 99.2 Å². The van der Waals surface area contributed by atoms with Gasteiger partial charge in [0.1, 0.15) is 0 Å². The Bertz CT molecular complexity index is 511. The van der Waals surface area contributed by atoms with Crippen molar-refractivity contribution >= 4 is 17.6 Å². The molecule has 3 rings (SSSR count). The molecule has 0 saturated carbocycles. The molecule has 2 aliphatic rings. The van der Waals surface area contributed by atoms with Crippen LogP contribution in [0.5, 0.6) is 0 Å². The lowest BCUT2D eigenvalue weighted by Gasteiger charge is -2.23. The first-order valence-corrected chi connectivity index (χ1v) is 5.70. The summed E-state index contributed by atoms with van der Waals surface area (Å²) in [5.41, 5.74) is 1.81. The zero-order valence-corrected chi connectivity index (χ0v) is 9.71. The summed E-state index contributed by atoms with van der Waals surface area (Å²) < 4.78 is 5.37. The maximum atomic E-state index is 11.8. The third kappa shape index (κ3) is 1.24. The number of hydrogen-bond donors (Lipinski definition) is 0. The minimum Gasteiger partial charge on any atom is -0.455 e. The molecule has 2 heterocycles. The molecule has 3 atom stereocenters. The molecule has 1 saturated heterocycles. The molecule has 1 amide bonds. The Kier molecular flexibility index (Phi) is 2.02. The highest BCUT2D eigenvalue weighted by molar-refractivity contribution is 5.97. The Morgan fingerprint density at radius 3 is 2.76 bits per heavy atom. The monoisotopic (exact) mass is 231 g/mol. The van der Waals surface area contributed by atoms with E-state index in [0.29, 0.717) is 0 Å². The first kappa shape index (κ1) is 10.3. The molecular formula is C13H13NO3. The molecule has 88 valence electrons. The summed E-state index contributed by atoms with van der Waals surface area (Å²) in [6.07, 6.45) is -0.294. The van der Waals surface area contributed by atoms with Crippen LogP contribution in [0.2, 0.25) is 0 Å². The average Bonchev–Trinajstić information content (AvgIpc) is 2.76. The molecule has 17 heavy (non-hydrogen) atoms. The van der Waals surface area contributed by atoms with Gasteiger partial charge < -0.3 is 9.64 Å².